The highest BCUT2D eigenvalue weighted by atomic mass is 16.5. The number of rotatable bonds is 6. The number of ether oxygens (including phenoxy) is 2. The molecular formula is C37H36N4O4. The first kappa shape index (κ1) is 28.9. The van der Waals surface area contributed by atoms with Crippen LogP contribution in [-0.4, -0.2) is 37.3 Å². The van der Waals surface area contributed by atoms with Crippen LogP contribution < -0.4 is 10.3 Å². The zero-order chi connectivity index (χ0) is 31.6. The van der Waals surface area contributed by atoms with E-state index in [0.717, 1.165) is 72.7 Å². The zero-order valence-electron chi connectivity index (χ0n) is 26.5. The highest BCUT2D eigenvalue weighted by molar-refractivity contribution is 6.08. The second-order valence-electron chi connectivity index (χ2n) is 13.0. The summed E-state index contributed by atoms with van der Waals surface area (Å²) in [5, 5.41) is 7.22. The summed E-state index contributed by atoms with van der Waals surface area (Å²) >= 11 is 0. The van der Waals surface area contributed by atoms with Crippen LogP contribution >= 0.6 is 0 Å². The van der Waals surface area contributed by atoms with Gasteiger partial charge in [-0.25, -0.2) is 0 Å². The molecule has 1 aliphatic heterocycles. The van der Waals surface area contributed by atoms with Crippen molar-refractivity contribution in [1.82, 2.24) is 19.3 Å². The van der Waals surface area contributed by atoms with Crippen molar-refractivity contribution in [2.75, 3.05) is 6.61 Å². The molecule has 4 heterocycles. The second-order valence-corrected chi connectivity index (χ2v) is 13.0. The van der Waals surface area contributed by atoms with Crippen LogP contribution in [-0.2, 0) is 29.5 Å². The Balaban J connectivity index is 1.54. The molecule has 0 amide bonds. The van der Waals surface area contributed by atoms with E-state index in [2.05, 4.69) is 11.2 Å². The number of carbonyl (C=O) groups is 1. The quantitative estimate of drug-likeness (QED) is 0.208. The molecule has 0 bridgehead atoms. The van der Waals surface area contributed by atoms with Crippen LogP contribution in [0.4, 0.5) is 0 Å². The molecule has 1 atom stereocenters. The van der Waals surface area contributed by atoms with E-state index < -0.39 is 11.7 Å². The molecule has 1 unspecified atom stereocenters. The first-order valence-corrected chi connectivity index (χ1v) is 15.3. The number of fused-ring (bicyclic) bond motifs is 2. The van der Waals surface area contributed by atoms with E-state index in [1.165, 1.54) is 5.56 Å². The van der Waals surface area contributed by atoms with Crippen molar-refractivity contribution < 1.29 is 14.3 Å². The van der Waals surface area contributed by atoms with Crippen LogP contribution in [0.5, 0.6) is 5.75 Å². The SMILES string of the molecule is CC(=O)C(OC(C)(C)C)c1c(C)cc2c(ccc(=O)n2Cc2ccc3c(cnn3C)c2)c1-c1ccc2c3c(ccnc13)CCO2. The lowest BCUT2D eigenvalue weighted by Crippen LogP contribution is -2.27. The summed E-state index contributed by atoms with van der Waals surface area (Å²) in [7, 11) is 1.92. The zero-order valence-corrected chi connectivity index (χ0v) is 26.5. The van der Waals surface area contributed by atoms with Gasteiger partial charge in [-0.05, 0) is 105 Å². The van der Waals surface area contributed by atoms with Gasteiger partial charge in [-0.3, -0.25) is 19.3 Å². The Morgan fingerprint density at radius 2 is 1.89 bits per heavy atom. The Hall–Kier alpha value is -4.82. The first-order valence-electron chi connectivity index (χ1n) is 15.3. The van der Waals surface area contributed by atoms with Crippen molar-refractivity contribution in [1.29, 1.82) is 0 Å². The summed E-state index contributed by atoms with van der Waals surface area (Å²) in [5.41, 5.74) is 7.45. The van der Waals surface area contributed by atoms with Gasteiger partial charge in [0.05, 0.1) is 41.5 Å². The van der Waals surface area contributed by atoms with Gasteiger partial charge in [-0.2, -0.15) is 5.10 Å². The lowest BCUT2D eigenvalue weighted by molar-refractivity contribution is -0.138. The van der Waals surface area contributed by atoms with Gasteiger partial charge in [0.2, 0.25) is 0 Å². The van der Waals surface area contributed by atoms with E-state index >= 15 is 0 Å². The minimum atomic E-state index is -0.820. The topological polar surface area (TPSA) is 88.2 Å². The fourth-order valence-corrected chi connectivity index (χ4v) is 6.67. The number of hydrogen-bond acceptors (Lipinski definition) is 6. The van der Waals surface area contributed by atoms with Gasteiger partial charge >= 0.3 is 0 Å². The molecule has 6 aromatic rings. The van der Waals surface area contributed by atoms with Crippen LogP contribution in [0.25, 0.3) is 43.8 Å². The molecule has 0 saturated carbocycles. The Morgan fingerprint density at radius 3 is 2.67 bits per heavy atom. The van der Waals surface area contributed by atoms with E-state index in [-0.39, 0.29) is 11.3 Å². The average Bonchev–Trinajstić information content (AvgIpc) is 3.37. The number of hydrogen-bond donors (Lipinski definition) is 0. The number of carbonyl (C=O) groups excluding carboxylic acids is 1. The fourth-order valence-electron chi connectivity index (χ4n) is 6.67. The van der Waals surface area contributed by atoms with E-state index in [9.17, 15) is 9.59 Å². The fraction of sp³-hybridized carbons (Fsp3) is 0.297. The van der Waals surface area contributed by atoms with Gasteiger partial charge in [-0.1, -0.05) is 6.07 Å². The maximum atomic E-state index is 13.6. The molecule has 0 saturated heterocycles. The molecule has 0 N–H and O–H groups in total. The van der Waals surface area contributed by atoms with Crippen molar-refractivity contribution in [3.63, 3.8) is 0 Å². The molecule has 3 aromatic heterocycles. The Labute approximate surface area is 261 Å². The normalized spacial score (nSPS) is 13.8. The summed E-state index contributed by atoms with van der Waals surface area (Å²) < 4.78 is 16.2. The van der Waals surface area contributed by atoms with Gasteiger partial charge in [0.25, 0.3) is 5.56 Å². The highest BCUT2D eigenvalue weighted by Gasteiger charge is 2.31. The van der Waals surface area contributed by atoms with Crippen LogP contribution in [0.15, 0.2) is 71.8 Å². The molecule has 8 heteroatoms. The number of Topliss-reactive ketones (excluding diaryl/α,β-unsaturated/α-hetero) is 1. The number of pyridine rings is 2. The Morgan fingerprint density at radius 1 is 1.07 bits per heavy atom. The average molecular weight is 601 g/mol. The van der Waals surface area contributed by atoms with Gasteiger partial charge in [0, 0.05) is 47.5 Å². The van der Waals surface area contributed by atoms with Crippen LogP contribution in [0.1, 0.15) is 56.1 Å². The molecule has 0 fully saturated rings. The molecule has 7 rings (SSSR count). The van der Waals surface area contributed by atoms with E-state index in [4.69, 9.17) is 14.5 Å². The van der Waals surface area contributed by atoms with Crippen molar-refractivity contribution in [2.45, 2.75) is 59.3 Å². The lowest BCUT2D eigenvalue weighted by atomic mass is 9.85. The summed E-state index contributed by atoms with van der Waals surface area (Å²) in [6.45, 7) is 10.4. The standard InChI is InChI=1S/C37H36N4O4/c1-21-17-29-26(9-12-31(43)41(29)20-23-7-10-28-25(18-23)19-39-40(28)6)34(32(21)36(22(2)42)45-37(3,4)5)27-8-11-30-33-24(14-16-44-30)13-15-38-35(27)33/h7-13,15,17-19,36H,14,16,20H2,1-6H3. The van der Waals surface area contributed by atoms with E-state index in [0.29, 0.717) is 13.2 Å². The van der Waals surface area contributed by atoms with Crippen molar-refractivity contribution in [3.8, 4) is 16.9 Å². The smallest absolute Gasteiger partial charge is 0.251 e. The first-order chi connectivity index (χ1) is 21.5. The molecule has 0 spiro atoms. The largest absolute Gasteiger partial charge is 0.493 e. The third-order valence-corrected chi connectivity index (χ3v) is 8.63. The number of aromatic nitrogens is 4. The van der Waals surface area contributed by atoms with Gasteiger partial charge in [-0.15, -0.1) is 0 Å². The summed E-state index contributed by atoms with van der Waals surface area (Å²) in [5.74, 6) is 0.712. The van der Waals surface area contributed by atoms with E-state index in [1.54, 1.807) is 13.0 Å². The van der Waals surface area contributed by atoms with E-state index in [1.807, 2.05) is 98.8 Å². The molecule has 3 aromatic carbocycles. The number of nitrogens with zero attached hydrogens (tertiary/aromatic N) is 4. The summed E-state index contributed by atoms with van der Waals surface area (Å²) in [6.07, 6.45) is 3.65. The number of ketones is 1. The maximum absolute atomic E-state index is 13.6. The third kappa shape index (κ3) is 4.99. The summed E-state index contributed by atoms with van der Waals surface area (Å²) in [4.78, 5) is 31.8. The van der Waals surface area contributed by atoms with Gasteiger partial charge in [0.15, 0.2) is 5.78 Å². The minimum Gasteiger partial charge on any atom is -0.493 e. The molecule has 228 valence electrons. The highest BCUT2D eigenvalue weighted by Crippen LogP contribution is 2.45. The van der Waals surface area contributed by atoms with Gasteiger partial charge < -0.3 is 14.0 Å². The van der Waals surface area contributed by atoms with Crippen LogP contribution in [0.2, 0.25) is 0 Å². The third-order valence-electron chi connectivity index (χ3n) is 8.63. The molecule has 45 heavy (non-hydrogen) atoms. The molecule has 0 aliphatic carbocycles. The second kappa shape index (κ2) is 10.7. The van der Waals surface area contributed by atoms with Crippen molar-refractivity contribution in [2.24, 2.45) is 7.05 Å². The van der Waals surface area contributed by atoms with Crippen LogP contribution in [0.3, 0.4) is 0 Å². The molecular weight excluding hydrogens is 564 g/mol. The lowest BCUT2D eigenvalue weighted by Gasteiger charge is -2.30. The summed E-state index contributed by atoms with van der Waals surface area (Å²) in [6, 6.07) is 17.7. The molecule has 8 nitrogen and oxygen atoms in total. The Kier molecular flexibility index (Phi) is 6.85. The maximum Gasteiger partial charge on any atom is 0.251 e. The van der Waals surface area contributed by atoms with Crippen molar-refractivity contribution in [3.05, 3.63) is 99.6 Å². The molecule has 1 aliphatic rings. The number of benzene rings is 3. The number of aryl methyl sites for hydroxylation is 2. The van der Waals surface area contributed by atoms with Crippen molar-refractivity contribution >= 4 is 38.5 Å². The minimum absolute atomic E-state index is 0.0919. The Bertz CT molecular complexity index is 2210. The van der Waals surface area contributed by atoms with Crippen LogP contribution in [0, 0.1) is 6.92 Å². The monoisotopic (exact) mass is 600 g/mol. The van der Waals surface area contributed by atoms with Gasteiger partial charge in [0.1, 0.15) is 11.9 Å². The predicted molar refractivity (Wildman–Crippen MR) is 177 cm³/mol. The predicted octanol–water partition coefficient (Wildman–Crippen LogP) is 6.84. The molecule has 0 radical (unpaired) electrons.